The lowest BCUT2D eigenvalue weighted by molar-refractivity contribution is -0.133. The van der Waals surface area contributed by atoms with E-state index in [1.54, 1.807) is 6.33 Å². The van der Waals surface area contributed by atoms with Gasteiger partial charge in [-0.2, -0.15) is 0 Å². The fourth-order valence-electron chi connectivity index (χ4n) is 3.84. The molecule has 1 unspecified atom stereocenters. The van der Waals surface area contributed by atoms with Crippen LogP contribution in [0.1, 0.15) is 44.3 Å². The van der Waals surface area contributed by atoms with Crippen molar-refractivity contribution in [1.29, 1.82) is 0 Å². The van der Waals surface area contributed by atoms with Crippen LogP contribution in [0.5, 0.6) is 0 Å². The third-order valence-electron chi connectivity index (χ3n) is 5.55. The van der Waals surface area contributed by atoms with Crippen LogP contribution in [-0.2, 0) is 18.3 Å². The van der Waals surface area contributed by atoms with Gasteiger partial charge in [0.25, 0.3) is 0 Å². The van der Waals surface area contributed by atoms with Crippen LogP contribution in [0.4, 0.5) is 0 Å². The van der Waals surface area contributed by atoms with E-state index in [1.165, 1.54) is 31.3 Å². The van der Waals surface area contributed by atoms with Gasteiger partial charge < -0.3 is 14.6 Å². The Balaban J connectivity index is 1.45. The SMILES string of the molecule is Cn1cnnc1CC1(O)CCCN(C(=O)C=C(C2CC2)C2CC2)C1. The van der Waals surface area contributed by atoms with Crippen molar-refractivity contribution in [3.8, 4) is 0 Å². The highest BCUT2D eigenvalue weighted by molar-refractivity contribution is 5.88. The molecular formula is C18H26N4O2. The van der Waals surface area contributed by atoms with Gasteiger partial charge in [-0.05, 0) is 50.4 Å². The maximum absolute atomic E-state index is 12.7. The molecule has 1 atom stereocenters. The smallest absolute Gasteiger partial charge is 0.246 e. The van der Waals surface area contributed by atoms with Crippen molar-refractivity contribution >= 4 is 5.91 Å². The van der Waals surface area contributed by atoms with E-state index in [1.807, 2.05) is 22.6 Å². The minimum Gasteiger partial charge on any atom is -0.388 e. The number of allylic oxidation sites excluding steroid dienone is 1. The van der Waals surface area contributed by atoms with Crippen molar-refractivity contribution in [3.63, 3.8) is 0 Å². The first kappa shape index (κ1) is 15.8. The number of likely N-dealkylation sites (tertiary alicyclic amines) is 1. The first-order chi connectivity index (χ1) is 11.5. The largest absolute Gasteiger partial charge is 0.388 e. The molecule has 130 valence electrons. The Labute approximate surface area is 142 Å². The minimum atomic E-state index is -0.901. The number of carbonyl (C=O) groups excluding carboxylic acids is 1. The Morgan fingerprint density at radius 1 is 1.38 bits per heavy atom. The number of amides is 1. The van der Waals surface area contributed by atoms with Gasteiger partial charge in [0.15, 0.2) is 0 Å². The van der Waals surface area contributed by atoms with E-state index in [0.29, 0.717) is 31.2 Å². The molecule has 2 aliphatic carbocycles. The third kappa shape index (κ3) is 3.38. The fraction of sp³-hybridized carbons (Fsp3) is 0.722. The van der Waals surface area contributed by atoms with E-state index >= 15 is 0 Å². The topological polar surface area (TPSA) is 71.2 Å². The normalized spacial score (nSPS) is 27.2. The average Bonchev–Trinajstić information content (AvgIpc) is 3.45. The van der Waals surface area contributed by atoms with E-state index in [2.05, 4.69) is 10.2 Å². The summed E-state index contributed by atoms with van der Waals surface area (Å²) in [5, 5.41) is 18.9. The second-order valence-corrected chi connectivity index (χ2v) is 7.82. The summed E-state index contributed by atoms with van der Waals surface area (Å²) in [6.45, 7) is 1.12. The minimum absolute atomic E-state index is 0.0832. The number of hydrogen-bond acceptors (Lipinski definition) is 4. The summed E-state index contributed by atoms with van der Waals surface area (Å²) in [5.41, 5.74) is 0.476. The van der Waals surface area contributed by atoms with E-state index in [4.69, 9.17) is 0 Å². The summed E-state index contributed by atoms with van der Waals surface area (Å²) in [5.74, 6) is 2.16. The van der Waals surface area contributed by atoms with Crippen LogP contribution in [0.15, 0.2) is 18.0 Å². The van der Waals surface area contributed by atoms with Gasteiger partial charge in [0.2, 0.25) is 5.91 Å². The van der Waals surface area contributed by atoms with Crippen molar-refractivity contribution in [1.82, 2.24) is 19.7 Å². The molecule has 3 fully saturated rings. The summed E-state index contributed by atoms with van der Waals surface area (Å²) in [4.78, 5) is 14.6. The number of aromatic nitrogens is 3. The number of carbonyl (C=O) groups is 1. The van der Waals surface area contributed by atoms with Crippen LogP contribution in [0, 0.1) is 11.8 Å². The molecule has 1 aromatic rings. The van der Waals surface area contributed by atoms with E-state index in [0.717, 1.165) is 18.8 Å². The van der Waals surface area contributed by atoms with Crippen molar-refractivity contribution in [2.75, 3.05) is 13.1 Å². The second-order valence-electron chi connectivity index (χ2n) is 7.82. The number of nitrogens with zero attached hydrogens (tertiary/aromatic N) is 4. The number of aryl methyl sites for hydroxylation is 1. The Kier molecular flexibility index (Phi) is 3.95. The van der Waals surface area contributed by atoms with Gasteiger partial charge in [-0.15, -0.1) is 10.2 Å². The zero-order valence-corrected chi connectivity index (χ0v) is 14.3. The summed E-state index contributed by atoms with van der Waals surface area (Å²) in [7, 11) is 1.88. The maximum Gasteiger partial charge on any atom is 0.246 e. The Hall–Kier alpha value is -1.69. The maximum atomic E-state index is 12.7. The zero-order chi connectivity index (χ0) is 16.7. The molecule has 2 saturated carbocycles. The summed E-state index contributed by atoms with van der Waals surface area (Å²) in [6, 6.07) is 0. The number of piperidine rings is 1. The van der Waals surface area contributed by atoms with Crippen LogP contribution in [0.3, 0.4) is 0 Å². The van der Waals surface area contributed by atoms with Gasteiger partial charge in [-0.25, -0.2) is 0 Å². The van der Waals surface area contributed by atoms with Gasteiger partial charge in [-0.1, -0.05) is 5.57 Å². The van der Waals surface area contributed by atoms with Crippen molar-refractivity contribution < 1.29 is 9.90 Å². The third-order valence-corrected chi connectivity index (χ3v) is 5.55. The predicted molar refractivity (Wildman–Crippen MR) is 89.0 cm³/mol. The first-order valence-corrected chi connectivity index (χ1v) is 9.10. The van der Waals surface area contributed by atoms with Crippen molar-refractivity contribution in [3.05, 3.63) is 23.8 Å². The van der Waals surface area contributed by atoms with Crippen LogP contribution in [0.25, 0.3) is 0 Å². The predicted octanol–water partition coefficient (Wildman–Crippen LogP) is 1.46. The van der Waals surface area contributed by atoms with Gasteiger partial charge in [0.05, 0.1) is 12.1 Å². The lowest BCUT2D eigenvalue weighted by atomic mass is 9.89. The molecule has 0 radical (unpaired) electrons. The number of rotatable bonds is 5. The lowest BCUT2D eigenvalue weighted by Gasteiger charge is -2.38. The number of hydrogen-bond donors (Lipinski definition) is 1. The van der Waals surface area contributed by atoms with Crippen LogP contribution in [0.2, 0.25) is 0 Å². The van der Waals surface area contributed by atoms with E-state index < -0.39 is 5.60 Å². The molecule has 1 saturated heterocycles. The molecule has 0 bridgehead atoms. The monoisotopic (exact) mass is 330 g/mol. The number of β-amino-alcohol motifs (C(OH)–C–C–N with tert-alkyl or cyclic N) is 1. The Bertz CT molecular complexity index is 646. The first-order valence-electron chi connectivity index (χ1n) is 9.10. The summed E-state index contributed by atoms with van der Waals surface area (Å²) < 4.78 is 1.83. The fourth-order valence-corrected chi connectivity index (χ4v) is 3.84. The lowest BCUT2D eigenvalue weighted by Crippen LogP contribution is -2.51. The molecule has 2 heterocycles. The molecule has 4 rings (SSSR count). The molecule has 1 amide bonds. The highest BCUT2D eigenvalue weighted by Gasteiger charge is 2.39. The summed E-state index contributed by atoms with van der Waals surface area (Å²) in [6.07, 6.45) is 10.5. The Morgan fingerprint density at radius 2 is 2.08 bits per heavy atom. The zero-order valence-electron chi connectivity index (χ0n) is 14.3. The molecule has 1 N–H and O–H groups in total. The van der Waals surface area contributed by atoms with Crippen molar-refractivity contribution in [2.45, 2.75) is 50.5 Å². The molecule has 3 aliphatic rings. The molecule has 6 nitrogen and oxygen atoms in total. The molecule has 1 aromatic heterocycles. The van der Waals surface area contributed by atoms with Gasteiger partial charge in [0.1, 0.15) is 12.2 Å². The van der Waals surface area contributed by atoms with Crippen LogP contribution >= 0.6 is 0 Å². The Morgan fingerprint density at radius 3 is 2.67 bits per heavy atom. The van der Waals surface area contributed by atoms with Crippen LogP contribution in [-0.4, -0.2) is 49.4 Å². The van der Waals surface area contributed by atoms with Gasteiger partial charge in [0, 0.05) is 26.1 Å². The number of aliphatic hydroxyl groups is 1. The second kappa shape index (κ2) is 5.99. The molecule has 6 heteroatoms. The standard InChI is InChI=1S/C18H26N4O2/c1-21-12-19-20-16(21)10-18(24)7-2-8-22(11-18)17(23)9-15(13-3-4-13)14-5-6-14/h9,12-14,24H,2-8,10-11H2,1H3. The summed E-state index contributed by atoms with van der Waals surface area (Å²) >= 11 is 0. The molecule has 0 spiro atoms. The molecule has 0 aromatic carbocycles. The van der Waals surface area contributed by atoms with E-state index in [-0.39, 0.29) is 5.91 Å². The molecule has 24 heavy (non-hydrogen) atoms. The van der Waals surface area contributed by atoms with Crippen molar-refractivity contribution in [2.24, 2.45) is 18.9 Å². The van der Waals surface area contributed by atoms with Gasteiger partial charge in [-0.3, -0.25) is 4.79 Å². The van der Waals surface area contributed by atoms with E-state index in [9.17, 15) is 9.90 Å². The molecular weight excluding hydrogens is 304 g/mol. The quantitative estimate of drug-likeness (QED) is 0.830. The average molecular weight is 330 g/mol. The molecule has 1 aliphatic heterocycles. The highest BCUT2D eigenvalue weighted by atomic mass is 16.3. The van der Waals surface area contributed by atoms with Gasteiger partial charge >= 0.3 is 0 Å². The van der Waals surface area contributed by atoms with Crippen LogP contribution < -0.4 is 0 Å². The highest BCUT2D eigenvalue weighted by Crippen LogP contribution is 2.48.